The van der Waals surface area contributed by atoms with E-state index in [-0.39, 0.29) is 26.5 Å². The number of nitrogens with zero attached hydrogens (tertiary/aromatic N) is 4. The molecular weight excluding hydrogens is 900 g/mol. The molecule has 1 aliphatic carbocycles. The van der Waals surface area contributed by atoms with Crippen molar-refractivity contribution in [2.75, 3.05) is 0 Å². The fourth-order valence-electron chi connectivity index (χ4n) is 9.57. The summed E-state index contributed by atoms with van der Waals surface area (Å²) in [6.07, 6.45) is 1.94. The molecule has 0 bridgehead atoms. The molecule has 0 unspecified atom stereocenters. The summed E-state index contributed by atoms with van der Waals surface area (Å²) in [6, 6.07) is 62.6. The third-order valence-corrected chi connectivity index (χ3v) is 12.1. The van der Waals surface area contributed by atoms with Gasteiger partial charge >= 0.3 is 21.1 Å². The maximum absolute atomic E-state index is 5.60. The van der Waals surface area contributed by atoms with Crippen molar-refractivity contribution in [2.24, 2.45) is 0 Å². The van der Waals surface area contributed by atoms with Crippen molar-refractivity contribution in [2.45, 2.75) is 38.5 Å². The Morgan fingerprint density at radius 1 is 0.644 bits per heavy atom. The van der Waals surface area contributed by atoms with Crippen molar-refractivity contribution in [3.63, 3.8) is 0 Å². The van der Waals surface area contributed by atoms with Crippen molar-refractivity contribution in [3.8, 4) is 39.3 Å². The van der Waals surface area contributed by atoms with Gasteiger partial charge in [-0.15, -0.1) is 46.4 Å². The van der Waals surface area contributed by atoms with Crippen LogP contribution in [0.5, 0.6) is 0 Å². The molecule has 1 aliphatic rings. The molecule has 3 aromatic heterocycles. The normalized spacial score (nSPS) is 13.1. The maximum atomic E-state index is 5.60. The summed E-state index contributed by atoms with van der Waals surface area (Å²) in [5.74, 6) is 0.856. The average Bonchev–Trinajstić information content (AvgIpc) is 3.92. The van der Waals surface area contributed by atoms with Crippen molar-refractivity contribution < 1.29 is 21.1 Å². The van der Waals surface area contributed by atoms with Crippen molar-refractivity contribution >= 4 is 32.8 Å². The van der Waals surface area contributed by atoms with E-state index in [4.69, 9.17) is 15.0 Å². The van der Waals surface area contributed by atoms with E-state index in [0.717, 1.165) is 66.9 Å². The Balaban J connectivity index is 0.00000420. The minimum atomic E-state index is -0.662. The number of pyridine rings is 1. The predicted octanol–water partition coefficient (Wildman–Crippen LogP) is 12.8. The SMILES string of the molecule is Cc1ccnc(C2(c3[c-]c(-c4cccc5c4nc(-c4cccc6c4[n-]c4cccc(C(C)(C)C)c46)n5-c4ccccc4)ccc3)c3ccccc3-c3ccccc32)c1.[Pt+2]. The second-order valence-corrected chi connectivity index (χ2v) is 16.6. The topological polar surface area (TPSA) is 44.8 Å². The number of hydrogen-bond acceptors (Lipinski definition) is 2. The van der Waals surface area contributed by atoms with Crippen LogP contribution in [0, 0.1) is 13.0 Å². The van der Waals surface area contributed by atoms with E-state index in [1.807, 2.05) is 6.20 Å². The first kappa shape index (κ1) is 37.0. The first-order valence-corrected chi connectivity index (χ1v) is 20.0. The van der Waals surface area contributed by atoms with Crippen molar-refractivity contribution in [1.29, 1.82) is 0 Å². The largest absolute Gasteiger partial charge is 2.00 e. The Morgan fingerprint density at radius 3 is 2.05 bits per heavy atom. The first-order chi connectivity index (χ1) is 28.3. The molecule has 5 heteroatoms. The van der Waals surface area contributed by atoms with Crippen LogP contribution in [0.25, 0.3) is 72.2 Å². The zero-order valence-corrected chi connectivity index (χ0v) is 35.5. The summed E-state index contributed by atoms with van der Waals surface area (Å²) in [4.78, 5) is 16.0. The van der Waals surface area contributed by atoms with E-state index in [2.05, 4.69) is 202 Å². The minimum Gasteiger partial charge on any atom is -0.656 e. The quantitative estimate of drug-likeness (QED) is 0.162. The third kappa shape index (κ3) is 5.54. The van der Waals surface area contributed by atoms with E-state index in [9.17, 15) is 0 Å². The van der Waals surface area contributed by atoms with Gasteiger partial charge in [-0.1, -0.05) is 142 Å². The number of imidazole rings is 1. The smallest absolute Gasteiger partial charge is 0.656 e. The van der Waals surface area contributed by atoms with Gasteiger partial charge in [0.05, 0.1) is 22.1 Å². The van der Waals surface area contributed by atoms with Gasteiger partial charge in [-0.05, 0) is 86.8 Å². The zero-order valence-electron chi connectivity index (χ0n) is 33.3. The number of benzene rings is 7. The second kappa shape index (κ2) is 13.9. The summed E-state index contributed by atoms with van der Waals surface area (Å²) in [5, 5.41) is 2.37. The molecule has 10 aromatic rings. The number of aromatic nitrogens is 4. The molecule has 0 radical (unpaired) electrons. The summed E-state index contributed by atoms with van der Waals surface area (Å²) in [5.41, 5.74) is 16.6. The number of para-hydroxylation sites is 3. The van der Waals surface area contributed by atoms with Crippen molar-refractivity contribution in [1.82, 2.24) is 19.5 Å². The monoisotopic (exact) mass is 939 g/mol. The molecule has 0 saturated carbocycles. The van der Waals surface area contributed by atoms with Crippen molar-refractivity contribution in [3.05, 3.63) is 210 Å². The Hall–Kier alpha value is -6.35. The molecule has 0 amide bonds. The average molecular weight is 940 g/mol. The fraction of sp³-hybridized carbons (Fsp3) is 0.111. The predicted molar refractivity (Wildman–Crippen MR) is 238 cm³/mol. The van der Waals surface area contributed by atoms with E-state index < -0.39 is 5.41 Å². The van der Waals surface area contributed by atoms with Gasteiger partial charge in [0.15, 0.2) is 0 Å². The van der Waals surface area contributed by atoms with Crippen LogP contribution in [0.15, 0.2) is 170 Å². The van der Waals surface area contributed by atoms with E-state index in [1.165, 1.54) is 38.8 Å². The number of aryl methyl sites for hydroxylation is 1. The van der Waals surface area contributed by atoms with Gasteiger partial charge in [-0.3, -0.25) is 9.55 Å². The number of hydrogen-bond donors (Lipinski definition) is 0. The zero-order chi connectivity index (χ0) is 39.2. The summed E-state index contributed by atoms with van der Waals surface area (Å²) in [7, 11) is 0. The fourth-order valence-corrected chi connectivity index (χ4v) is 9.57. The van der Waals surface area contributed by atoms with Crippen LogP contribution in [-0.4, -0.2) is 14.5 Å². The van der Waals surface area contributed by atoms with Crippen LogP contribution >= 0.6 is 0 Å². The molecule has 4 nitrogen and oxygen atoms in total. The van der Waals surface area contributed by atoms with Gasteiger partial charge in [-0.2, -0.15) is 0 Å². The summed E-state index contributed by atoms with van der Waals surface area (Å²) < 4.78 is 2.29. The molecule has 0 saturated heterocycles. The first-order valence-electron chi connectivity index (χ1n) is 20.0. The molecule has 59 heavy (non-hydrogen) atoms. The minimum absolute atomic E-state index is 0. The molecule has 0 N–H and O–H groups in total. The third-order valence-electron chi connectivity index (χ3n) is 12.1. The maximum Gasteiger partial charge on any atom is 2.00 e. The van der Waals surface area contributed by atoms with Crippen LogP contribution < -0.4 is 4.98 Å². The van der Waals surface area contributed by atoms with Crippen LogP contribution in [0.2, 0.25) is 0 Å². The second-order valence-electron chi connectivity index (χ2n) is 16.6. The van der Waals surface area contributed by atoms with Gasteiger partial charge in [-0.25, -0.2) is 4.98 Å². The molecule has 0 atom stereocenters. The molecule has 11 rings (SSSR count). The van der Waals surface area contributed by atoms with E-state index in [0.29, 0.717) is 0 Å². The molecule has 7 aromatic carbocycles. The van der Waals surface area contributed by atoms with E-state index in [1.54, 1.807) is 0 Å². The van der Waals surface area contributed by atoms with Gasteiger partial charge in [0.1, 0.15) is 5.82 Å². The van der Waals surface area contributed by atoms with Crippen LogP contribution in [0.1, 0.15) is 54.3 Å². The molecule has 0 spiro atoms. The molecule has 286 valence electrons. The Bertz CT molecular complexity index is 3190. The summed E-state index contributed by atoms with van der Waals surface area (Å²) >= 11 is 0. The van der Waals surface area contributed by atoms with Gasteiger partial charge in [0.2, 0.25) is 0 Å². The van der Waals surface area contributed by atoms with Gasteiger partial charge in [0.25, 0.3) is 0 Å². The van der Waals surface area contributed by atoms with E-state index >= 15 is 0 Å². The van der Waals surface area contributed by atoms with Crippen LogP contribution in [0.3, 0.4) is 0 Å². The van der Waals surface area contributed by atoms with Gasteiger partial charge < -0.3 is 4.98 Å². The standard InChI is InChI=1S/C54H40N4.Pt/c1-34-30-31-55-48(32-34)54(43-25-10-8-20-39(43)40-21-9-11-26-44(40)54)36-17-12-16-35(33-36)38-22-14-29-47-51(38)57-52(58(47)37-18-6-5-7-19-37)42-24-13-23-41-49-45(53(2,3)4)27-15-28-46(49)56-50(41)42;/h5-32H,1-4H3;/q-2;+2. The Labute approximate surface area is 358 Å². The van der Waals surface area contributed by atoms with Crippen LogP contribution in [0.4, 0.5) is 0 Å². The summed E-state index contributed by atoms with van der Waals surface area (Å²) in [6.45, 7) is 8.97. The molecule has 0 aliphatic heterocycles. The Kier molecular flexibility index (Phi) is 8.70. The van der Waals surface area contributed by atoms with Crippen LogP contribution in [-0.2, 0) is 31.9 Å². The number of fused-ring (bicyclic) bond motifs is 7. The Morgan fingerprint density at radius 2 is 1.31 bits per heavy atom. The molecule has 0 fully saturated rings. The molecular formula is C54H40N4Pt. The van der Waals surface area contributed by atoms with Gasteiger partial charge in [0, 0.05) is 17.4 Å². The number of rotatable bonds is 5. The molecule has 3 heterocycles.